The number of hydrogen-bond donors (Lipinski definition) is 2. The van der Waals surface area contributed by atoms with Crippen LogP contribution in [0.5, 0.6) is 0 Å². The van der Waals surface area contributed by atoms with Crippen molar-refractivity contribution in [2.24, 2.45) is 0 Å². The quantitative estimate of drug-likeness (QED) is 0.861. The molecule has 1 aromatic rings. The van der Waals surface area contributed by atoms with Crippen molar-refractivity contribution in [3.05, 3.63) is 46.6 Å². The minimum Gasteiger partial charge on any atom is -0.338 e. The summed E-state index contributed by atoms with van der Waals surface area (Å²) < 4.78 is 1.06. The summed E-state index contributed by atoms with van der Waals surface area (Å²) in [7, 11) is 0. The van der Waals surface area contributed by atoms with Crippen LogP contribution in [0.1, 0.15) is 18.9 Å². The summed E-state index contributed by atoms with van der Waals surface area (Å²) in [5.74, 6) is 0. The van der Waals surface area contributed by atoms with E-state index in [1.807, 2.05) is 31.2 Å². The summed E-state index contributed by atoms with van der Waals surface area (Å²) in [6.45, 7) is 2.64. The third-order valence-electron chi connectivity index (χ3n) is 2.16. The van der Waals surface area contributed by atoms with Gasteiger partial charge in [0.2, 0.25) is 0 Å². The molecule has 0 aliphatic rings. The fourth-order valence-electron chi connectivity index (χ4n) is 1.32. The van der Waals surface area contributed by atoms with Crippen LogP contribution >= 0.6 is 15.9 Å². The van der Waals surface area contributed by atoms with E-state index in [1.54, 1.807) is 6.20 Å². The number of halogens is 1. The molecule has 2 N–H and O–H groups in total. The lowest BCUT2D eigenvalue weighted by atomic mass is 10.1. The Balaban J connectivity index is 2.23. The molecular formula is C13H17BrN2O. The Morgan fingerprint density at radius 3 is 3.00 bits per heavy atom. The van der Waals surface area contributed by atoms with E-state index in [-0.39, 0.29) is 6.03 Å². The zero-order valence-corrected chi connectivity index (χ0v) is 11.5. The van der Waals surface area contributed by atoms with Crippen LogP contribution in [0.3, 0.4) is 0 Å². The molecule has 3 nitrogen and oxygen atoms in total. The molecule has 0 radical (unpaired) electrons. The maximum absolute atomic E-state index is 11.3. The molecule has 1 rings (SSSR count). The van der Waals surface area contributed by atoms with E-state index in [9.17, 15) is 4.79 Å². The van der Waals surface area contributed by atoms with Gasteiger partial charge < -0.3 is 10.6 Å². The topological polar surface area (TPSA) is 41.1 Å². The van der Waals surface area contributed by atoms with Gasteiger partial charge in [0.15, 0.2) is 0 Å². The number of hydrogen-bond acceptors (Lipinski definition) is 1. The highest BCUT2D eigenvalue weighted by molar-refractivity contribution is 9.10. The second-order valence-corrected chi connectivity index (χ2v) is 4.51. The summed E-state index contributed by atoms with van der Waals surface area (Å²) in [5.41, 5.74) is 1.20. The lowest BCUT2D eigenvalue weighted by Crippen LogP contribution is -2.33. The first kappa shape index (κ1) is 13.8. The SMILES string of the molecule is CC/C=C/NC(=O)NCCc1cccc(Br)c1. The fourth-order valence-corrected chi connectivity index (χ4v) is 1.76. The third kappa shape index (κ3) is 6.12. The average molecular weight is 297 g/mol. The maximum Gasteiger partial charge on any atom is 0.318 e. The van der Waals surface area contributed by atoms with Crippen molar-refractivity contribution in [1.29, 1.82) is 0 Å². The molecule has 0 unspecified atom stereocenters. The first-order valence-corrected chi connectivity index (χ1v) is 6.45. The van der Waals surface area contributed by atoms with E-state index in [0.29, 0.717) is 6.54 Å². The van der Waals surface area contributed by atoms with Crippen LogP contribution in [-0.2, 0) is 6.42 Å². The van der Waals surface area contributed by atoms with Crippen LogP contribution < -0.4 is 10.6 Å². The molecule has 4 heteroatoms. The molecule has 1 aromatic carbocycles. The van der Waals surface area contributed by atoms with E-state index in [2.05, 4.69) is 32.6 Å². The zero-order chi connectivity index (χ0) is 12.5. The van der Waals surface area contributed by atoms with Crippen molar-refractivity contribution >= 4 is 22.0 Å². The van der Waals surface area contributed by atoms with E-state index in [4.69, 9.17) is 0 Å². The Bertz CT molecular complexity index is 391. The van der Waals surface area contributed by atoms with Gasteiger partial charge in [0.1, 0.15) is 0 Å². The highest BCUT2D eigenvalue weighted by Crippen LogP contribution is 2.11. The number of amides is 2. The zero-order valence-electron chi connectivity index (χ0n) is 9.87. The van der Waals surface area contributed by atoms with Gasteiger partial charge in [0, 0.05) is 17.2 Å². The maximum atomic E-state index is 11.3. The third-order valence-corrected chi connectivity index (χ3v) is 2.65. The molecule has 17 heavy (non-hydrogen) atoms. The Kier molecular flexibility index (Phi) is 6.40. The Labute approximate surface area is 110 Å². The molecule has 0 heterocycles. The Morgan fingerprint density at radius 2 is 2.29 bits per heavy atom. The number of rotatable bonds is 5. The normalized spacial score (nSPS) is 10.5. The van der Waals surface area contributed by atoms with Gasteiger partial charge in [-0.1, -0.05) is 41.1 Å². The molecule has 0 spiro atoms. The van der Waals surface area contributed by atoms with Crippen LogP contribution in [0.25, 0.3) is 0 Å². The molecule has 0 aromatic heterocycles. The molecule has 0 saturated carbocycles. The molecule has 0 aliphatic carbocycles. The Morgan fingerprint density at radius 1 is 1.47 bits per heavy atom. The van der Waals surface area contributed by atoms with Crippen molar-refractivity contribution in [2.75, 3.05) is 6.54 Å². The minimum absolute atomic E-state index is 0.162. The average Bonchev–Trinajstić information content (AvgIpc) is 2.29. The van der Waals surface area contributed by atoms with Crippen LogP contribution in [-0.4, -0.2) is 12.6 Å². The fraction of sp³-hybridized carbons (Fsp3) is 0.308. The molecule has 0 bridgehead atoms. The van der Waals surface area contributed by atoms with Crippen molar-refractivity contribution < 1.29 is 4.79 Å². The van der Waals surface area contributed by atoms with Gasteiger partial charge in [-0.3, -0.25) is 0 Å². The van der Waals surface area contributed by atoms with Gasteiger partial charge in [0.25, 0.3) is 0 Å². The molecule has 0 aliphatic heterocycles. The van der Waals surface area contributed by atoms with Crippen molar-refractivity contribution in [2.45, 2.75) is 19.8 Å². The largest absolute Gasteiger partial charge is 0.338 e. The predicted molar refractivity (Wildman–Crippen MR) is 73.8 cm³/mol. The van der Waals surface area contributed by atoms with E-state index in [1.165, 1.54) is 5.56 Å². The smallest absolute Gasteiger partial charge is 0.318 e. The van der Waals surface area contributed by atoms with Crippen LogP contribution in [0.15, 0.2) is 41.0 Å². The Hall–Kier alpha value is -1.29. The van der Waals surface area contributed by atoms with E-state index < -0.39 is 0 Å². The lowest BCUT2D eigenvalue weighted by Gasteiger charge is -2.05. The number of carbonyl (C=O) groups excluding carboxylic acids is 1. The highest BCUT2D eigenvalue weighted by Gasteiger charge is 1.97. The van der Waals surface area contributed by atoms with Gasteiger partial charge in [0.05, 0.1) is 0 Å². The predicted octanol–water partition coefficient (Wildman–Crippen LogP) is 3.21. The summed E-state index contributed by atoms with van der Waals surface area (Å²) >= 11 is 3.42. The van der Waals surface area contributed by atoms with E-state index >= 15 is 0 Å². The number of benzene rings is 1. The van der Waals surface area contributed by atoms with Gasteiger partial charge in [-0.25, -0.2) is 4.79 Å². The second kappa shape index (κ2) is 7.90. The summed E-state index contributed by atoms with van der Waals surface area (Å²) in [4.78, 5) is 11.3. The monoisotopic (exact) mass is 296 g/mol. The first-order valence-electron chi connectivity index (χ1n) is 5.66. The van der Waals surface area contributed by atoms with E-state index in [0.717, 1.165) is 17.3 Å². The van der Waals surface area contributed by atoms with Crippen LogP contribution in [0, 0.1) is 0 Å². The molecule has 92 valence electrons. The number of urea groups is 1. The first-order chi connectivity index (χ1) is 8.22. The van der Waals surface area contributed by atoms with Crippen molar-refractivity contribution in [1.82, 2.24) is 10.6 Å². The number of allylic oxidation sites excluding steroid dienone is 1. The molecule has 0 saturated heterocycles. The summed E-state index contributed by atoms with van der Waals surface area (Å²) in [5, 5.41) is 5.43. The molecule has 2 amide bonds. The molecular weight excluding hydrogens is 280 g/mol. The molecule has 0 fully saturated rings. The minimum atomic E-state index is -0.162. The van der Waals surface area contributed by atoms with Gasteiger partial charge in [-0.2, -0.15) is 0 Å². The van der Waals surface area contributed by atoms with Crippen molar-refractivity contribution in [3.63, 3.8) is 0 Å². The van der Waals surface area contributed by atoms with Gasteiger partial charge in [-0.05, 0) is 30.5 Å². The van der Waals surface area contributed by atoms with Gasteiger partial charge in [-0.15, -0.1) is 0 Å². The van der Waals surface area contributed by atoms with Crippen LogP contribution in [0.4, 0.5) is 4.79 Å². The highest BCUT2D eigenvalue weighted by atomic mass is 79.9. The van der Waals surface area contributed by atoms with Crippen LogP contribution in [0.2, 0.25) is 0 Å². The number of carbonyl (C=O) groups is 1. The number of nitrogens with one attached hydrogen (secondary N) is 2. The summed E-state index contributed by atoms with van der Waals surface area (Å²) in [6, 6.07) is 7.91. The molecule has 0 atom stereocenters. The van der Waals surface area contributed by atoms with Gasteiger partial charge >= 0.3 is 6.03 Å². The van der Waals surface area contributed by atoms with Crippen molar-refractivity contribution in [3.8, 4) is 0 Å². The summed E-state index contributed by atoms with van der Waals surface area (Å²) in [6.07, 6.45) is 5.30. The standard InChI is InChI=1S/C13H17BrN2O/c1-2-3-8-15-13(17)16-9-7-11-5-4-6-12(14)10-11/h3-6,8,10H,2,7,9H2,1H3,(H2,15,16,17)/b8-3+. The second-order valence-electron chi connectivity index (χ2n) is 3.59. The lowest BCUT2D eigenvalue weighted by molar-refractivity contribution is 0.244.